The molecule has 4 atom stereocenters. The van der Waals surface area contributed by atoms with Gasteiger partial charge in [0.05, 0.1) is 12.7 Å². The lowest BCUT2D eigenvalue weighted by molar-refractivity contribution is -0.144. The first-order chi connectivity index (χ1) is 11.7. The number of aromatic amines is 1. The van der Waals surface area contributed by atoms with Crippen LogP contribution in [-0.2, 0) is 9.47 Å². The van der Waals surface area contributed by atoms with Crippen molar-refractivity contribution >= 4 is 5.97 Å². The highest BCUT2D eigenvalue weighted by molar-refractivity contribution is 5.88. The molecule has 0 bridgehead atoms. The summed E-state index contributed by atoms with van der Waals surface area (Å²) in [5.74, 6) is -0.974. The van der Waals surface area contributed by atoms with Crippen LogP contribution in [0.25, 0.3) is 0 Å². The number of esters is 1. The van der Waals surface area contributed by atoms with Crippen LogP contribution in [0.15, 0.2) is 15.8 Å². The molecule has 0 saturated carbocycles. The Morgan fingerprint density at radius 2 is 1.92 bits per heavy atom. The zero-order chi connectivity index (χ0) is 18.9. The quantitative estimate of drug-likeness (QED) is 0.464. The van der Waals surface area contributed by atoms with Crippen LogP contribution in [0.3, 0.4) is 0 Å². The molecule has 10 heteroatoms. The Labute approximate surface area is 142 Å². The van der Waals surface area contributed by atoms with Gasteiger partial charge in [-0.25, -0.2) is 9.59 Å². The average Bonchev–Trinajstić information content (AvgIpc) is 2.90. The molecule has 25 heavy (non-hydrogen) atoms. The maximum Gasteiger partial charge on any atom is 0.345 e. The summed E-state index contributed by atoms with van der Waals surface area (Å²) in [5.41, 5.74) is -3.76. The van der Waals surface area contributed by atoms with Crippen molar-refractivity contribution in [1.82, 2.24) is 9.55 Å². The number of nitrogens with one attached hydrogen (secondary N) is 1. The van der Waals surface area contributed by atoms with Crippen LogP contribution in [-0.4, -0.2) is 61.9 Å². The largest absolute Gasteiger partial charge is 0.465 e. The SMILES string of the molecule is CCC(O)(CC)[C@H]1O[C@@H](n2cc(C(=O)OC)c(=O)[nH]c2=O)[C@H](O)[C@@H]1O. The molecule has 140 valence electrons. The van der Waals surface area contributed by atoms with Crippen molar-refractivity contribution in [3.63, 3.8) is 0 Å². The molecule has 4 N–H and O–H groups in total. The fourth-order valence-corrected chi connectivity index (χ4v) is 2.92. The maximum atomic E-state index is 12.1. The zero-order valence-electron chi connectivity index (χ0n) is 14.1. The van der Waals surface area contributed by atoms with Gasteiger partial charge in [-0.15, -0.1) is 0 Å². The van der Waals surface area contributed by atoms with Crippen LogP contribution in [0.4, 0.5) is 0 Å². The monoisotopic (exact) mass is 358 g/mol. The van der Waals surface area contributed by atoms with E-state index in [0.717, 1.165) is 17.9 Å². The van der Waals surface area contributed by atoms with Crippen LogP contribution in [0, 0.1) is 0 Å². The van der Waals surface area contributed by atoms with Gasteiger partial charge in [-0.05, 0) is 12.8 Å². The maximum absolute atomic E-state index is 12.1. The lowest BCUT2D eigenvalue weighted by Crippen LogP contribution is -2.48. The number of carbonyl (C=O) groups excluding carboxylic acids is 1. The second kappa shape index (κ2) is 7.08. The molecule has 1 fully saturated rings. The molecule has 1 aromatic heterocycles. The number of methoxy groups -OCH3 is 1. The standard InChI is InChI=1S/C15H22N2O8/c1-4-15(23,5-2)10-8(18)9(19)12(25-10)17-6-7(13(21)24-3)11(20)16-14(17)22/h6,8-10,12,18-19,23H,4-5H2,1-3H3,(H,16,20,22)/t8-,9+,10-,12+/m0/s1. The van der Waals surface area contributed by atoms with Gasteiger partial charge < -0.3 is 24.8 Å². The lowest BCUT2D eigenvalue weighted by Gasteiger charge is -2.33. The Morgan fingerprint density at radius 3 is 2.44 bits per heavy atom. The number of rotatable bonds is 5. The minimum atomic E-state index is -1.55. The van der Waals surface area contributed by atoms with Crippen molar-refractivity contribution in [1.29, 1.82) is 0 Å². The van der Waals surface area contributed by atoms with Crippen LogP contribution >= 0.6 is 0 Å². The number of nitrogens with zero attached hydrogens (tertiary/aromatic N) is 1. The smallest absolute Gasteiger partial charge is 0.345 e. The highest BCUT2D eigenvalue weighted by Crippen LogP contribution is 2.37. The van der Waals surface area contributed by atoms with E-state index in [2.05, 4.69) is 4.74 Å². The van der Waals surface area contributed by atoms with Gasteiger partial charge in [0.1, 0.15) is 23.9 Å². The first-order valence-electron chi connectivity index (χ1n) is 7.87. The molecule has 2 heterocycles. The summed E-state index contributed by atoms with van der Waals surface area (Å²) >= 11 is 0. The van der Waals surface area contributed by atoms with Gasteiger partial charge in [-0.1, -0.05) is 13.8 Å². The van der Waals surface area contributed by atoms with Crippen molar-refractivity contribution < 1.29 is 29.6 Å². The topological polar surface area (TPSA) is 151 Å². The summed E-state index contributed by atoms with van der Waals surface area (Å²) in [7, 11) is 1.07. The number of H-pyrrole nitrogens is 1. The molecule has 1 aromatic rings. The molecule has 0 amide bonds. The summed E-state index contributed by atoms with van der Waals surface area (Å²) in [6, 6.07) is 0. The number of aromatic nitrogens is 2. The molecule has 1 aliphatic heterocycles. The summed E-state index contributed by atoms with van der Waals surface area (Å²) in [6.07, 6.45) is -4.16. The fraction of sp³-hybridized carbons (Fsp3) is 0.667. The highest BCUT2D eigenvalue weighted by atomic mass is 16.6. The minimum absolute atomic E-state index is 0.249. The van der Waals surface area contributed by atoms with E-state index in [-0.39, 0.29) is 12.8 Å². The molecule has 0 spiro atoms. The van der Waals surface area contributed by atoms with E-state index in [0.29, 0.717) is 0 Å². The van der Waals surface area contributed by atoms with Crippen LogP contribution in [0.1, 0.15) is 43.3 Å². The predicted octanol–water partition coefficient (Wildman–Crippen LogP) is -1.51. The molecule has 1 saturated heterocycles. The van der Waals surface area contributed by atoms with E-state index in [1.165, 1.54) is 0 Å². The lowest BCUT2D eigenvalue weighted by atomic mass is 9.87. The first-order valence-corrected chi connectivity index (χ1v) is 7.87. The second-order valence-corrected chi connectivity index (χ2v) is 5.94. The van der Waals surface area contributed by atoms with Crippen LogP contribution in [0.2, 0.25) is 0 Å². The van der Waals surface area contributed by atoms with E-state index < -0.39 is 52.9 Å². The number of aliphatic hydroxyl groups is 3. The molecular formula is C15H22N2O8. The molecule has 0 unspecified atom stereocenters. The Bertz CT molecular complexity index is 751. The zero-order valence-corrected chi connectivity index (χ0v) is 14.1. The van der Waals surface area contributed by atoms with Gasteiger partial charge in [0.25, 0.3) is 5.56 Å². The van der Waals surface area contributed by atoms with Gasteiger partial charge in [0.2, 0.25) is 0 Å². The van der Waals surface area contributed by atoms with E-state index in [1.807, 2.05) is 4.98 Å². The van der Waals surface area contributed by atoms with Crippen molar-refractivity contribution in [2.75, 3.05) is 7.11 Å². The van der Waals surface area contributed by atoms with Gasteiger partial charge in [0, 0.05) is 6.20 Å². The third-order valence-electron chi connectivity index (χ3n) is 4.64. The van der Waals surface area contributed by atoms with Crippen molar-refractivity contribution in [3.8, 4) is 0 Å². The first kappa shape index (κ1) is 19.3. The van der Waals surface area contributed by atoms with Gasteiger partial charge >= 0.3 is 11.7 Å². The number of aliphatic hydroxyl groups excluding tert-OH is 2. The Morgan fingerprint density at radius 1 is 1.32 bits per heavy atom. The van der Waals surface area contributed by atoms with Gasteiger partial charge in [-0.2, -0.15) is 0 Å². The van der Waals surface area contributed by atoms with Crippen molar-refractivity contribution in [3.05, 3.63) is 32.6 Å². The molecule has 2 rings (SSSR count). The third kappa shape index (κ3) is 3.25. The molecule has 10 nitrogen and oxygen atoms in total. The molecule has 1 aliphatic rings. The van der Waals surface area contributed by atoms with Crippen LogP contribution < -0.4 is 11.2 Å². The van der Waals surface area contributed by atoms with Crippen molar-refractivity contribution in [2.24, 2.45) is 0 Å². The predicted molar refractivity (Wildman–Crippen MR) is 84.1 cm³/mol. The fourth-order valence-electron chi connectivity index (χ4n) is 2.92. The van der Waals surface area contributed by atoms with E-state index in [1.54, 1.807) is 13.8 Å². The van der Waals surface area contributed by atoms with E-state index >= 15 is 0 Å². The molecule has 0 aromatic carbocycles. The number of carbonyl (C=O) groups is 1. The Balaban J connectivity index is 2.47. The van der Waals surface area contributed by atoms with Gasteiger partial charge in [0.15, 0.2) is 6.23 Å². The summed E-state index contributed by atoms with van der Waals surface area (Å²) in [5, 5.41) is 31.1. The Kier molecular flexibility index (Phi) is 5.47. The number of hydrogen-bond acceptors (Lipinski definition) is 8. The number of hydrogen-bond donors (Lipinski definition) is 4. The molecule has 0 aliphatic carbocycles. The second-order valence-electron chi connectivity index (χ2n) is 5.94. The van der Waals surface area contributed by atoms with E-state index in [9.17, 15) is 29.7 Å². The summed E-state index contributed by atoms with van der Waals surface area (Å²) < 4.78 is 10.8. The highest BCUT2D eigenvalue weighted by Gasteiger charge is 2.52. The van der Waals surface area contributed by atoms with Gasteiger partial charge in [-0.3, -0.25) is 14.3 Å². The molecule has 0 radical (unpaired) electrons. The minimum Gasteiger partial charge on any atom is -0.465 e. The summed E-state index contributed by atoms with van der Waals surface area (Å²) in [6.45, 7) is 3.39. The van der Waals surface area contributed by atoms with Crippen molar-refractivity contribution in [2.45, 2.75) is 56.8 Å². The van der Waals surface area contributed by atoms with Crippen LogP contribution in [0.5, 0.6) is 0 Å². The number of ether oxygens (including phenoxy) is 2. The molecular weight excluding hydrogens is 336 g/mol. The average molecular weight is 358 g/mol. The Hall–Kier alpha value is -2.01. The summed E-state index contributed by atoms with van der Waals surface area (Å²) in [4.78, 5) is 37.3. The normalized spacial score (nSPS) is 26.6. The third-order valence-corrected chi connectivity index (χ3v) is 4.64. The van der Waals surface area contributed by atoms with E-state index in [4.69, 9.17) is 4.74 Å².